The monoisotopic (exact) mass is 464 g/mol. The summed E-state index contributed by atoms with van der Waals surface area (Å²) in [6, 6.07) is 16.3. The van der Waals surface area contributed by atoms with Crippen molar-refractivity contribution in [3.63, 3.8) is 0 Å². The minimum atomic E-state index is -0.918. The Labute approximate surface area is 200 Å². The Morgan fingerprint density at radius 3 is 2.26 bits per heavy atom. The number of fused-ring (bicyclic) bond motifs is 3. The van der Waals surface area contributed by atoms with Gasteiger partial charge in [0.2, 0.25) is 5.91 Å². The Hall–Kier alpha value is -3.35. The molecule has 0 radical (unpaired) electrons. The van der Waals surface area contributed by atoms with E-state index in [0.29, 0.717) is 13.1 Å². The van der Waals surface area contributed by atoms with Gasteiger partial charge in [0.25, 0.3) is 0 Å². The minimum Gasteiger partial charge on any atom is -0.481 e. The Bertz CT molecular complexity index is 1050. The van der Waals surface area contributed by atoms with Gasteiger partial charge in [-0.15, -0.1) is 0 Å². The van der Waals surface area contributed by atoms with Gasteiger partial charge in [0.05, 0.1) is 5.41 Å². The summed E-state index contributed by atoms with van der Waals surface area (Å²) in [4.78, 5) is 38.3. The van der Waals surface area contributed by atoms with Gasteiger partial charge in [-0.3, -0.25) is 9.59 Å². The quantitative estimate of drug-likeness (QED) is 0.643. The van der Waals surface area contributed by atoms with E-state index in [9.17, 15) is 19.5 Å². The van der Waals surface area contributed by atoms with Crippen molar-refractivity contribution in [2.24, 2.45) is 17.3 Å². The number of carboxylic acids is 1. The zero-order chi connectivity index (χ0) is 24.5. The van der Waals surface area contributed by atoms with Crippen molar-refractivity contribution in [2.75, 3.05) is 26.2 Å². The SMILES string of the molecule is CC(CNC(=O)OCC1c2ccccc2-c2ccccc21)CC(=O)N1CC(C)C(C)(C(=O)O)C1. The lowest BCUT2D eigenvalue weighted by atomic mass is 9.81. The van der Waals surface area contributed by atoms with Crippen LogP contribution in [0, 0.1) is 17.3 Å². The third kappa shape index (κ3) is 4.52. The Balaban J connectivity index is 1.26. The molecule has 7 nitrogen and oxygen atoms in total. The number of ether oxygens (including phenoxy) is 1. The van der Waals surface area contributed by atoms with Crippen molar-refractivity contribution in [1.29, 1.82) is 0 Å². The molecule has 3 unspecified atom stereocenters. The molecule has 0 saturated carbocycles. The fourth-order valence-electron chi connectivity index (χ4n) is 5.02. The molecular weight excluding hydrogens is 432 g/mol. The number of alkyl carbamates (subject to hydrolysis) is 1. The second-order valence-corrected chi connectivity index (χ2v) is 9.91. The number of benzene rings is 2. The number of aliphatic carboxylic acids is 1. The summed E-state index contributed by atoms with van der Waals surface area (Å²) in [6.45, 7) is 6.65. The molecule has 2 N–H and O–H groups in total. The number of amides is 2. The predicted molar refractivity (Wildman–Crippen MR) is 128 cm³/mol. The topological polar surface area (TPSA) is 95.9 Å². The van der Waals surface area contributed by atoms with Crippen LogP contribution in [0.2, 0.25) is 0 Å². The molecule has 1 aliphatic heterocycles. The number of carbonyl (C=O) groups excluding carboxylic acids is 2. The van der Waals surface area contributed by atoms with E-state index in [2.05, 4.69) is 29.6 Å². The van der Waals surface area contributed by atoms with Crippen molar-refractivity contribution in [3.8, 4) is 11.1 Å². The Morgan fingerprint density at radius 1 is 1.12 bits per heavy atom. The maximum absolute atomic E-state index is 12.7. The molecule has 2 aromatic rings. The number of carboxylic acid groups (broad SMARTS) is 1. The smallest absolute Gasteiger partial charge is 0.407 e. The molecule has 0 spiro atoms. The van der Waals surface area contributed by atoms with Crippen molar-refractivity contribution < 1.29 is 24.2 Å². The standard InChI is InChI=1S/C27H32N2O5/c1-17(12-24(30)29-14-18(2)27(3,16-29)25(31)32)13-28-26(33)34-15-23-21-10-6-4-8-19(21)20-9-5-7-11-22(20)23/h4-11,17-18,23H,12-16H2,1-3H3,(H,28,33)(H,31,32). The lowest BCUT2D eigenvalue weighted by Crippen LogP contribution is -2.37. The number of likely N-dealkylation sites (tertiary alicyclic amines) is 1. The number of nitrogens with zero attached hydrogens (tertiary/aromatic N) is 1. The van der Waals surface area contributed by atoms with Crippen molar-refractivity contribution in [3.05, 3.63) is 59.7 Å². The van der Waals surface area contributed by atoms with Crippen LogP contribution in [0.1, 0.15) is 44.2 Å². The summed E-state index contributed by atoms with van der Waals surface area (Å²) in [5.74, 6) is -1.17. The van der Waals surface area contributed by atoms with E-state index in [1.165, 1.54) is 11.1 Å². The summed E-state index contributed by atoms with van der Waals surface area (Å²) in [5, 5.41) is 12.3. The van der Waals surface area contributed by atoms with E-state index < -0.39 is 17.5 Å². The second-order valence-electron chi connectivity index (χ2n) is 9.91. The van der Waals surface area contributed by atoms with Crippen molar-refractivity contribution in [2.45, 2.75) is 33.1 Å². The van der Waals surface area contributed by atoms with Crippen LogP contribution >= 0.6 is 0 Å². The molecule has 0 aromatic heterocycles. The van der Waals surface area contributed by atoms with Crippen LogP contribution in [0.15, 0.2) is 48.5 Å². The van der Waals surface area contributed by atoms with Gasteiger partial charge in [0, 0.05) is 32.0 Å². The number of hydrogen-bond acceptors (Lipinski definition) is 4. The van der Waals surface area contributed by atoms with Crippen molar-refractivity contribution in [1.82, 2.24) is 10.2 Å². The molecule has 0 bridgehead atoms. The summed E-state index contributed by atoms with van der Waals surface area (Å²) in [6.07, 6.45) is -0.263. The molecule has 34 heavy (non-hydrogen) atoms. The molecule has 1 heterocycles. The first-order valence-electron chi connectivity index (χ1n) is 11.8. The molecule has 4 rings (SSSR count). The van der Waals surface area contributed by atoms with E-state index >= 15 is 0 Å². The predicted octanol–water partition coefficient (Wildman–Crippen LogP) is 4.12. The first kappa shape index (κ1) is 23.8. The first-order chi connectivity index (χ1) is 16.2. The average molecular weight is 465 g/mol. The Kier molecular flexibility index (Phi) is 6.64. The van der Waals surface area contributed by atoms with Gasteiger partial charge in [0.1, 0.15) is 6.61 Å². The number of carbonyl (C=O) groups is 3. The third-order valence-corrected chi connectivity index (χ3v) is 7.40. The molecule has 1 aliphatic carbocycles. The van der Waals surface area contributed by atoms with Gasteiger partial charge >= 0.3 is 12.1 Å². The lowest BCUT2D eigenvalue weighted by molar-refractivity contribution is -0.149. The highest BCUT2D eigenvalue weighted by Gasteiger charge is 2.47. The normalized spacial score (nSPS) is 22.1. The zero-order valence-electron chi connectivity index (χ0n) is 19.9. The van der Waals surface area contributed by atoms with Crippen LogP contribution < -0.4 is 5.32 Å². The van der Waals surface area contributed by atoms with Crippen LogP contribution in [-0.4, -0.2) is 54.2 Å². The highest BCUT2D eigenvalue weighted by atomic mass is 16.5. The number of rotatable bonds is 7. The minimum absolute atomic E-state index is 0.00199. The van der Waals surface area contributed by atoms with Crippen LogP contribution in [0.25, 0.3) is 11.1 Å². The highest BCUT2D eigenvalue weighted by Crippen LogP contribution is 2.44. The van der Waals surface area contributed by atoms with Gasteiger partial charge in [-0.2, -0.15) is 0 Å². The molecule has 180 valence electrons. The molecular formula is C27H32N2O5. The van der Waals surface area contributed by atoms with E-state index in [1.54, 1.807) is 11.8 Å². The van der Waals surface area contributed by atoms with Crippen molar-refractivity contribution >= 4 is 18.0 Å². The van der Waals surface area contributed by atoms with Crippen LogP contribution in [0.3, 0.4) is 0 Å². The van der Waals surface area contributed by atoms with E-state index in [1.807, 2.05) is 38.1 Å². The molecule has 1 saturated heterocycles. The van der Waals surface area contributed by atoms with Crippen LogP contribution in [0.4, 0.5) is 4.79 Å². The number of nitrogens with one attached hydrogen (secondary N) is 1. The van der Waals surface area contributed by atoms with Gasteiger partial charge in [0.15, 0.2) is 0 Å². The highest BCUT2D eigenvalue weighted by molar-refractivity contribution is 5.81. The molecule has 2 amide bonds. The molecule has 2 aromatic carbocycles. The first-order valence-corrected chi connectivity index (χ1v) is 11.8. The average Bonchev–Trinajstić information content (AvgIpc) is 3.31. The molecule has 3 atom stereocenters. The fourth-order valence-corrected chi connectivity index (χ4v) is 5.02. The summed E-state index contributed by atoms with van der Waals surface area (Å²) in [7, 11) is 0. The zero-order valence-corrected chi connectivity index (χ0v) is 19.9. The van der Waals surface area contributed by atoms with E-state index in [0.717, 1.165) is 11.1 Å². The second kappa shape index (κ2) is 9.49. The maximum Gasteiger partial charge on any atom is 0.407 e. The maximum atomic E-state index is 12.7. The summed E-state index contributed by atoms with van der Waals surface area (Å²) < 4.78 is 5.55. The molecule has 1 fully saturated rings. The molecule has 2 aliphatic rings. The molecule has 7 heteroatoms. The van der Waals surface area contributed by atoms with Gasteiger partial charge in [-0.05, 0) is 41.0 Å². The summed E-state index contributed by atoms with van der Waals surface area (Å²) in [5.41, 5.74) is 3.74. The van der Waals surface area contributed by atoms with Gasteiger partial charge in [-0.25, -0.2) is 4.79 Å². The van der Waals surface area contributed by atoms with E-state index in [4.69, 9.17) is 4.74 Å². The Morgan fingerprint density at radius 2 is 1.71 bits per heavy atom. The van der Waals surface area contributed by atoms with Gasteiger partial charge < -0.3 is 20.1 Å². The lowest BCUT2D eigenvalue weighted by Gasteiger charge is -2.23. The fraction of sp³-hybridized carbons (Fsp3) is 0.444. The largest absolute Gasteiger partial charge is 0.481 e. The summed E-state index contributed by atoms with van der Waals surface area (Å²) >= 11 is 0. The number of hydrogen-bond donors (Lipinski definition) is 2. The van der Waals surface area contributed by atoms with E-state index in [-0.39, 0.29) is 43.2 Å². The van der Waals surface area contributed by atoms with Gasteiger partial charge in [-0.1, -0.05) is 62.4 Å². The van der Waals surface area contributed by atoms with Crippen LogP contribution in [-0.2, 0) is 14.3 Å². The van der Waals surface area contributed by atoms with Crippen LogP contribution in [0.5, 0.6) is 0 Å². The third-order valence-electron chi connectivity index (χ3n) is 7.40.